The maximum Gasteiger partial charge on any atom is 0.407 e. The van der Waals surface area contributed by atoms with E-state index in [-0.39, 0.29) is 22.1 Å². The first-order chi connectivity index (χ1) is 7.82. The van der Waals surface area contributed by atoms with Gasteiger partial charge < -0.3 is 15.2 Å². The van der Waals surface area contributed by atoms with E-state index >= 15 is 0 Å². The fourth-order valence-corrected chi connectivity index (χ4v) is 1.67. The highest BCUT2D eigenvalue weighted by atomic mass is 35.5. The van der Waals surface area contributed by atoms with Crippen molar-refractivity contribution >= 4 is 11.6 Å². The van der Waals surface area contributed by atoms with Crippen molar-refractivity contribution in [3.63, 3.8) is 0 Å². The SMILES string of the molecule is COc1ccc(C(N)C(F)(F)F)c(Cl)c1OC. The Morgan fingerprint density at radius 2 is 1.82 bits per heavy atom. The van der Waals surface area contributed by atoms with Crippen LogP contribution >= 0.6 is 11.6 Å². The van der Waals surface area contributed by atoms with Gasteiger partial charge >= 0.3 is 6.18 Å². The predicted molar refractivity (Wildman–Crippen MR) is 57.5 cm³/mol. The lowest BCUT2D eigenvalue weighted by Crippen LogP contribution is -2.28. The Kier molecular flexibility index (Phi) is 4.11. The minimum Gasteiger partial charge on any atom is -0.493 e. The standard InChI is InChI=1S/C10H11ClF3NO2/c1-16-6-4-3-5(7(11)8(6)17-2)9(15)10(12,13)14/h3-4,9H,15H2,1-2H3. The van der Waals surface area contributed by atoms with Crippen LogP contribution in [0.25, 0.3) is 0 Å². The van der Waals surface area contributed by atoms with Crippen molar-refractivity contribution < 1.29 is 22.6 Å². The van der Waals surface area contributed by atoms with Crippen LogP contribution in [-0.4, -0.2) is 20.4 Å². The number of nitrogens with two attached hydrogens (primary N) is 1. The summed E-state index contributed by atoms with van der Waals surface area (Å²) in [5.41, 5.74) is 4.83. The average molecular weight is 270 g/mol. The molecule has 1 atom stereocenters. The molecule has 1 aromatic rings. The first kappa shape index (κ1) is 13.9. The molecule has 0 fully saturated rings. The molecule has 1 unspecified atom stereocenters. The Morgan fingerprint density at radius 1 is 1.24 bits per heavy atom. The summed E-state index contributed by atoms with van der Waals surface area (Å²) in [6.07, 6.45) is -4.57. The molecule has 1 rings (SSSR count). The van der Waals surface area contributed by atoms with E-state index in [1.807, 2.05) is 0 Å². The van der Waals surface area contributed by atoms with Gasteiger partial charge in [-0.1, -0.05) is 17.7 Å². The van der Waals surface area contributed by atoms with Gasteiger partial charge in [-0.3, -0.25) is 0 Å². The second kappa shape index (κ2) is 5.01. The van der Waals surface area contributed by atoms with E-state index in [9.17, 15) is 13.2 Å². The highest BCUT2D eigenvalue weighted by Crippen LogP contribution is 2.42. The molecular formula is C10H11ClF3NO2. The second-order valence-corrected chi connectivity index (χ2v) is 3.60. The molecule has 0 saturated heterocycles. The lowest BCUT2D eigenvalue weighted by Gasteiger charge is -2.19. The monoisotopic (exact) mass is 269 g/mol. The van der Waals surface area contributed by atoms with Crippen molar-refractivity contribution in [3.8, 4) is 11.5 Å². The Morgan fingerprint density at radius 3 is 2.24 bits per heavy atom. The lowest BCUT2D eigenvalue weighted by molar-refractivity contribution is -0.149. The lowest BCUT2D eigenvalue weighted by atomic mass is 10.1. The number of rotatable bonds is 3. The second-order valence-electron chi connectivity index (χ2n) is 3.22. The molecule has 0 radical (unpaired) electrons. The molecule has 3 nitrogen and oxygen atoms in total. The van der Waals surface area contributed by atoms with Gasteiger partial charge in [0.25, 0.3) is 0 Å². The highest BCUT2D eigenvalue weighted by Gasteiger charge is 2.39. The van der Waals surface area contributed by atoms with Crippen molar-refractivity contribution in [3.05, 3.63) is 22.7 Å². The number of alkyl halides is 3. The van der Waals surface area contributed by atoms with Gasteiger partial charge in [-0.15, -0.1) is 0 Å². The van der Waals surface area contributed by atoms with E-state index in [0.717, 1.165) is 0 Å². The van der Waals surface area contributed by atoms with Crippen molar-refractivity contribution in [1.82, 2.24) is 0 Å². The van der Waals surface area contributed by atoms with Crippen molar-refractivity contribution in [2.75, 3.05) is 14.2 Å². The van der Waals surface area contributed by atoms with Gasteiger partial charge in [0, 0.05) is 5.56 Å². The topological polar surface area (TPSA) is 44.5 Å². The maximum absolute atomic E-state index is 12.5. The molecule has 17 heavy (non-hydrogen) atoms. The number of halogens is 4. The molecule has 0 bridgehead atoms. The van der Waals surface area contributed by atoms with Crippen molar-refractivity contribution in [2.24, 2.45) is 5.73 Å². The molecule has 0 aliphatic rings. The van der Waals surface area contributed by atoms with E-state index < -0.39 is 12.2 Å². The molecule has 0 amide bonds. The quantitative estimate of drug-likeness (QED) is 0.918. The van der Waals surface area contributed by atoms with Gasteiger partial charge in [-0.05, 0) is 6.07 Å². The van der Waals surface area contributed by atoms with Crippen LogP contribution in [0.2, 0.25) is 5.02 Å². The third-order valence-electron chi connectivity index (χ3n) is 2.20. The van der Waals surface area contributed by atoms with E-state index in [0.29, 0.717) is 0 Å². The molecule has 0 aliphatic heterocycles. The van der Waals surface area contributed by atoms with Crippen LogP contribution in [0.4, 0.5) is 13.2 Å². The van der Waals surface area contributed by atoms with Crippen LogP contribution < -0.4 is 15.2 Å². The fourth-order valence-electron chi connectivity index (χ4n) is 1.32. The summed E-state index contributed by atoms with van der Waals surface area (Å²) in [6, 6.07) is 0.336. The zero-order valence-corrected chi connectivity index (χ0v) is 9.89. The average Bonchev–Trinajstić information content (AvgIpc) is 2.26. The summed E-state index contributed by atoms with van der Waals surface area (Å²) in [4.78, 5) is 0. The first-order valence-electron chi connectivity index (χ1n) is 4.55. The molecule has 0 saturated carbocycles. The first-order valence-corrected chi connectivity index (χ1v) is 4.93. The third kappa shape index (κ3) is 2.76. The molecule has 1 aromatic carbocycles. The van der Waals surface area contributed by atoms with Crippen LogP contribution in [0.1, 0.15) is 11.6 Å². The van der Waals surface area contributed by atoms with Crippen molar-refractivity contribution in [1.29, 1.82) is 0 Å². The molecule has 2 N–H and O–H groups in total. The Hall–Kier alpha value is -1.14. The summed E-state index contributed by atoms with van der Waals surface area (Å²) < 4.78 is 47.2. The van der Waals surface area contributed by atoms with Gasteiger partial charge in [0.1, 0.15) is 6.04 Å². The Labute approximate surface area is 101 Å². The molecule has 7 heteroatoms. The maximum atomic E-state index is 12.5. The summed E-state index contributed by atoms with van der Waals surface area (Å²) in [6.45, 7) is 0. The van der Waals surface area contributed by atoms with Gasteiger partial charge in [0.05, 0.1) is 19.2 Å². The number of hydrogen-bond donors (Lipinski definition) is 1. The molecule has 96 valence electrons. The summed E-state index contributed by atoms with van der Waals surface area (Å²) in [5.74, 6) is 0.280. The van der Waals surface area contributed by atoms with Gasteiger partial charge in [-0.25, -0.2) is 0 Å². The Balaban J connectivity index is 3.29. The predicted octanol–water partition coefficient (Wildman–Crippen LogP) is 2.92. The van der Waals surface area contributed by atoms with E-state index in [1.165, 1.54) is 26.4 Å². The number of ether oxygens (including phenoxy) is 2. The third-order valence-corrected chi connectivity index (χ3v) is 2.59. The van der Waals surface area contributed by atoms with Gasteiger partial charge in [-0.2, -0.15) is 13.2 Å². The fraction of sp³-hybridized carbons (Fsp3) is 0.400. The zero-order valence-electron chi connectivity index (χ0n) is 9.14. The van der Waals surface area contributed by atoms with Gasteiger partial charge in [0.2, 0.25) is 0 Å². The highest BCUT2D eigenvalue weighted by molar-refractivity contribution is 6.33. The van der Waals surface area contributed by atoms with Crippen LogP contribution in [0, 0.1) is 0 Å². The van der Waals surface area contributed by atoms with Crippen LogP contribution in [0.15, 0.2) is 12.1 Å². The molecule has 0 heterocycles. The summed E-state index contributed by atoms with van der Waals surface area (Å²) >= 11 is 5.81. The van der Waals surface area contributed by atoms with E-state index in [1.54, 1.807) is 0 Å². The van der Waals surface area contributed by atoms with E-state index in [2.05, 4.69) is 0 Å². The zero-order chi connectivity index (χ0) is 13.2. The molecular weight excluding hydrogens is 259 g/mol. The number of benzene rings is 1. The Bertz CT molecular complexity index is 409. The largest absolute Gasteiger partial charge is 0.493 e. The minimum atomic E-state index is -4.57. The van der Waals surface area contributed by atoms with Crippen molar-refractivity contribution in [2.45, 2.75) is 12.2 Å². The van der Waals surface area contributed by atoms with Crippen LogP contribution in [0.5, 0.6) is 11.5 Å². The molecule has 0 aliphatic carbocycles. The normalized spacial score (nSPS) is 13.4. The smallest absolute Gasteiger partial charge is 0.407 e. The summed E-state index contributed by atoms with van der Waals surface area (Å²) in [7, 11) is 2.64. The van der Waals surface area contributed by atoms with Crippen LogP contribution in [-0.2, 0) is 0 Å². The number of hydrogen-bond acceptors (Lipinski definition) is 3. The number of methoxy groups -OCH3 is 2. The summed E-state index contributed by atoms with van der Waals surface area (Å²) in [5, 5.41) is -0.198. The molecule has 0 spiro atoms. The minimum absolute atomic E-state index is 0.0337. The van der Waals surface area contributed by atoms with Gasteiger partial charge in [0.15, 0.2) is 11.5 Å². The van der Waals surface area contributed by atoms with E-state index in [4.69, 9.17) is 26.8 Å². The molecule has 0 aromatic heterocycles. The van der Waals surface area contributed by atoms with Crippen LogP contribution in [0.3, 0.4) is 0 Å².